The molecule has 1 aliphatic rings. The van der Waals surface area contributed by atoms with Crippen LogP contribution in [0.15, 0.2) is 0 Å². The van der Waals surface area contributed by atoms with E-state index >= 15 is 0 Å². The van der Waals surface area contributed by atoms with E-state index in [1.54, 1.807) is 27.7 Å². The van der Waals surface area contributed by atoms with Gasteiger partial charge < -0.3 is 97.4 Å². The van der Waals surface area contributed by atoms with E-state index in [0.717, 1.165) is 19.3 Å². The number of hydrogen-bond donors (Lipinski definition) is 18. The fourth-order valence-electron chi connectivity index (χ4n) is 8.49. The summed E-state index contributed by atoms with van der Waals surface area (Å²) in [6.07, 6.45) is -0.806. The Balaban J connectivity index is 3.85. The molecule has 29 nitrogen and oxygen atoms in total. The van der Waals surface area contributed by atoms with Gasteiger partial charge in [0.1, 0.15) is 60.4 Å². The van der Waals surface area contributed by atoms with Crippen molar-refractivity contribution < 1.29 is 63.0 Å². The second kappa shape index (κ2) is 38.5. The summed E-state index contributed by atoms with van der Waals surface area (Å²) < 4.78 is 0. The highest BCUT2D eigenvalue weighted by Crippen LogP contribution is 2.12. The van der Waals surface area contributed by atoms with Crippen LogP contribution in [0.1, 0.15) is 132 Å². The van der Waals surface area contributed by atoms with Gasteiger partial charge in [0.2, 0.25) is 65.0 Å². The summed E-state index contributed by atoms with van der Waals surface area (Å²) in [7, 11) is 0. The molecule has 0 saturated carbocycles. The van der Waals surface area contributed by atoms with Crippen LogP contribution in [0.4, 0.5) is 0 Å². The number of aliphatic hydroxyl groups excluding tert-OH is 2. The molecule has 12 unspecified atom stereocenters. The molecule has 1 aliphatic heterocycles. The molecule has 11 amide bonds. The highest BCUT2D eigenvalue weighted by Gasteiger charge is 2.37. The second-order valence-electron chi connectivity index (χ2n) is 21.0. The molecular weight excluding hydrogens is 1040 g/mol. The minimum absolute atomic E-state index is 0.0110. The highest BCUT2D eigenvalue weighted by molar-refractivity contribution is 5.99. The van der Waals surface area contributed by atoms with Crippen LogP contribution in [-0.4, -0.2) is 187 Å². The molecule has 80 heavy (non-hydrogen) atoms. The SMILES string of the molecule is CCCCCCC(=O)NC(CCN)C(=O)NC(C(=O)NC(CCN)C(=O)NC1CCNC(=O)C(C(C)O)NC(=O)C(CCN)NC(=O)C(CCN)NC(=O)C(CC(C)C)NC(=O)C(CC(C)C)NC(=O)C(CCN)NC1=O)C(C)O. The first-order valence-electron chi connectivity index (χ1n) is 28.0. The first kappa shape index (κ1) is 71.9. The van der Waals surface area contributed by atoms with Crippen molar-refractivity contribution in [3.05, 3.63) is 0 Å². The van der Waals surface area contributed by atoms with E-state index < -0.39 is 151 Å². The summed E-state index contributed by atoms with van der Waals surface area (Å²) >= 11 is 0. The van der Waals surface area contributed by atoms with Crippen LogP contribution in [0.2, 0.25) is 0 Å². The summed E-state index contributed by atoms with van der Waals surface area (Å²) in [6.45, 7) is 10.5. The van der Waals surface area contributed by atoms with Crippen LogP contribution in [0, 0.1) is 11.8 Å². The van der Waals surface area contributed by atoms with Crippen molar-refractivity contribution >= 4 is 65.0 Å². The third-order valence-electron chi connectivity index (χ3n) is 12.9. The van der Waals surface area contributed by atoms with Gasteiger partial charge in [0.15, 0.2) is 0 Å². The Hall–Kier alpha value is -6.11. The number of aliphatic hydroxyl groups is 2. The number of carbonyl (C=O) groups excluding carboxylic acids is 11. The zero-order chi connectivity index (χ0) is 60.6. The van der Waals surface area contributed by atoms with Gasteiger partial charge >= 0.3 is 0 Å². The van der Waals surface area contributed by atoms with Crippen molar-refractivity contribution in [2.75, 3.05) is 39.3 Å². The number of carbonyl (C=O) groups is 11. The normalized spacial score (nSPS) is 23.3. The highest BCUT2D eigenvalue weighted by atomic mass is 16.3. The third-order valence-corrected chi connectivity index (χ3v) is 12.9. The van der Waals surface area contributed by atoms with E-state index in [-0.39, 0.29) is 95.9 Å². The van der Waals surface area contributed by atoms with Crippen LogP contribution < -0.4 is 87.2 Å². The predicted octanol–water partition coefficient (Wildman–Crippen LogP) is -6.08. The zero-order valence-electron chi connectivity index (χ0n) is 47.8. The largest absolute Gasteiger partial charge is 0.391 e. The first-order valence-corrected chi connectivity index (χ1v) is 28.0. The van der Waals surface area contributed by atoms with E-state index in [9.17, 15) is 63.0 Å². The van der Waals surface area contributed by atoms with Crippen LogP contribution >= 0.6 is 0 Å². The van der Waals surface area contributed by atoms with E-state index in [4.69, 9.17) is 28.7 Å². The van der Waals surface area contributed by atoms with Gasteiger partial charge in [-0.25, -0.2) is 0 Å². The fraction of sp³-hybridized carbons (Fsp3) is 0.784. The summed E-state index contributed by atoms with van der Waals surface area (Å²) in [5, 5.41) is 49.4. The smallest absolute Gasteiger partial charge is 0.245 e. The molecule has 23 N–H and O–H groups in total. The Morgan fingerprint density at radius 2 is 0.963 bits per heavy atom. The number of hydrogen-bond acceptors (Lipinski definition) is 18. The van der Waals surface area contributed by atoms with Crippen LogP contribution in [-0.2, 0) is 52.7 Å². The van der Waals surface area contributed by atoms with Crippen LogP contribution in [0.25, 0.3) is 0 Å². The lowest BCUT2D eigenvalue weighted by Gasteiger charge is -2.29. The Morgan fingerprint density at radius 1 is 0.525 bits per heavy atom. The Labute approximate surface area is 469 Å². The monoisotopic (exact) mass is 1140 g/mol. The molecule has 0 spiro atoms. The first-order chi connectivity index (χ1) is 37.8. The van der Waals surface area contributed by atoms with E-state index in [1.807, 2.05) is 6.92 Å². The molecule has 0 aromatic heterocycles. The van der Waals surface area contributed by atoms with Crippen molar-refractivity contribution in [1.82, 2.24) is 58.5 Å². The molecule has 12 atom stereocenters. The maximum Gasteiger partial charge on any atom is 0.245 e. The summed E-state index contributed by atoms with van der Waals surface area (Å²) in [5.74, 6) is -9.99. The van der Waals surface area contributed by atoms with Gasteiger partial charge in [-0.15, -0.1) is 0 Å². The van der Waals surface area contributed by atoms with E-state index in [0.29, 0.717) is 6.42 Å². The van der Waals surface area contributed by atoms with Gasteiger partial charge in [-0.3, -0.25) is 52.7 Å². The van der Waals surface area contributed by atoms with E-state index in [2.05, 4.69) is 58.5 Å². The molecule has 1 heterocycles. The molecule has 1 rings (SSSR count). The molecule has 0 bridgehead atoms. The lowest BCUT2D eigenvalue weighted by molar-refractivity contribution is -0.137. The van der Waals surface area contributed by atoms with Crippen molar-refractivity contribution in [2.24, 2.45) is 40.5 Å². The van der Waals surface area contributed by atoms with Crippen molar-refractivity contribution in [2.45, 2.75) is 205 Å². The molecule has 458 valence electrons. The lowest BCUT2D eigenvalue weighted by atomic mass is 9.99. The summed E-state index contributed by atoms with van der Waals surface area (Å²) in [6, 6.07) is -14.5. The molecule has 0 radical (unpaired) electrons. The Kier molecular flexibility index (Phi) is 34.6. The number of unbranched alkanes of at least 4 members (excludes halogenated alkanes) is 3. The molecular formula is C51H96N16O13. The number of nitrogens with one attached hydrogen (secondary N) is 11. The predicted molar refractivity (Wildman–Crippen MR) is 296 cm³/mol. The van der Waals surface area contributed by atoms with E-state index in [1.165, 1.54) is 13.8 Å². The van der Waals surface area contributed by atoms with Crippen molar-refractivity contribution in [1.29, 1.82) is 0 Å². The minimum atomic E-state index is -1.69. The molecule has 0 aromatic carbocycles. The lowest BCUT2D eigenvalue weighted by Crippen LogP contribution is -2.62. The molecule has 1 fully saturated rings. The zero-order valence-corrected chi connectivity index (χ0v) is 47.8. The third kappa shape index (κ3) is 26.4. The molecule has 0 aliphatic carbocycles. The van der Waals surface area contributed by atoms with Crippen molar-refractivity contribution in [3.8, 4) is 0 Å². The summed E-state index contributed by atoms with van der Waals surface area (Å²) in [5.41, 5.74) is 29.2. The average Bonchev–Trinajstić information content (AvgIpc) is 3.38. The quantitative estimate of drug-likeness (QED) is 0.0324. The van der Waals surface area contributed by atoms with Crippen molar-refractivity contribution in [3.63, 3.8) is 0 Å². The maximum absolute atomic E-state index is 14.4. The number of rotatable bonds is 28. The number of nitrogens with two attached hydrogens (primary N) is 5. The molecule has 29 heteroatoms. The minimum Gasteiger partial charge on any atom is -0.391 e. The van der Waals surface area contributed by atoms with Gasteiger partial charge in [0.25, 0.3) is 0 Å². The van der Waals surface area contributed by atoms with Gasteiger partial charge in [-0.05, 0) is 116 Å². The number of amides is 11. The standard InChI is InChI=1S/C51H96N16O13/c1-8-9-10-11-12-39(70)58-31(13-19-52)46(75)67-41(30(7)69)51(80)63-34(16-22-55)43(72)62-36-18-24-57-50(79)40(29(6)68)66-47(76)35(17-23-56)60-42(71)32(14-20-53)61-48(77)37(25-27(2)3)65-49(78)38(26-28(4)5)64-44(73)33(15-21-54)59-45(36)74/h27-38,40-41,68-69H,8-26,52-56H2,1-7H3,(H,57,79)(H,58,70)(H,59,74)(H,60,71)(H,61,77)(H,62,72)(H,63,80)(H,64,73)(H,65,78)(H,66,76)(H,67,75). The molecule has 0 aromatic rings. The van der Waals surface area contributed by atoms with Gasteiger partial charge in [-0.1, -0.05) is 53.9 Å². The van der Waals surface area contributed by atoms with Gasteiger partial charge in [0.05, 0.1) is 12.2 Å². The molecule has 1 saturated heterocycles. The topological polar surface area (TPSA) is 491 Å². The Morgan fingerprint density at radius 3 is 1.39 bits per heavy atom. The second-order valence-corrected chi connectivity index (χ2v) is 21.0. The van der Waals surface area contributed by atoms with Gasteiger partial charge in [-0.2, -0.15) is 0 Å². The van der Waals surface area contributed by atoms with Gasteiger partial charge in [0, 0.05) is 13.0 Å². The maximum atomic E-state index is 14.4. The van der Waals surface area contributed by atoms with Crippen LogP contribution in [0.3, 0.4) is 0 Å². The Bertz CT molecular complexity index is 2010. The average molecular weight is 1140 g/mol. The van der Waals surface area contributed by atoms with Crippen LogP contribution in [0.5, 0.6) is 0 Å². The fourth-order valence-corrected chi connectivity index (χ4v) is 8.49. The summed E-state index contributed by atoms with van der Waals surface area (Å²) in [4.78, 5) is 152.